The van der Waals surface area contributed by atoms with Crippen LogP contribution in [0.1, 0.15) is 27.7 Å². The van der Waals surface area contributed by atoms with E-state index >= 15 is 0 Å². The maximum absolute atomic E-state index is 12.1. The molecule has 0 saturated heterocycles. The summed E-state index contributed by atoms with van der Waals surface area (Å²) in [5, 5.41) is 2.50. The van der Waals surface area contributed by atoms with E-state index in [-0.39, 0.29) is 17.5 Å². The molecule has 1 rings (SSSR count). The Hall–Kier alpha value is -2.72. The molecule has 10 heteroatoms. The van der Waals surface area contributed by atoms with Gasteiger partial charge in [-0.25, -0.2) is 22.7 Å². The van der Waals surface area contributed by atoms with Gasteiger partial charge in [0.2, 0.25) is 10.0 Å². The monoisotopic (exact) mass is 412 g/mol. The van der Waals surface area contributed by atoms with Crippen molar-refractivity contribution in [2.45, 2.75) is 44.7 Å². The molecule has 1 amide bonds. The van der Waals surface area contributed by atoms with Gasteiger partial charge >= 0.3 is 11.9 Å². The summed E-state index contributed by atoms with van der Waals surface area (Å²) < 4.78 is 36.1. The molecule has 0 fully saturated rings. The van der Waals surface area contributed by atoms with Gasteiger partial charge in [0.15, 0.2) is 6.10 Å². The Balaban J connectivity index is 2.65. The summed E-state index contributed by atoms with van der Waals surface area (Å²) in [7, 11) is -3.63. The number of hydrogen-bond acceptors (Lipinski definition) is 7. The van der Waals surface area contributed by atoms with Gasteiger partial charge in [-0.15, -0.1) is 0 Å². The number of hydrogen-bond donors (Lipinski definition) is 2. The summed E-state index contributed by atoms with van der Waals surface area (Å²) in [5.41, 5.74) is 0.332. The molecule has 0 saturated carbocycles. The van der Waals surface area contributed by atoms with Gasteiger partial charge < -0.3 is 14.8 Å². The molecule has 28 heavy (non-hydrogen) atoms. The molecule has 154 valence electrons. The van der Waals surface area contributed by atoms with Crippen molar-refractivity contribution in [2.24, 2.45) is 0 Å². The molecule has 1 aromatic rings. The summed E-state index contributed by atoms with van der Waals surface area (Å²) in [6.45, 7) is 6.56. The first kappa shape index (κ1) is 23.3. The van der Waals surface area contributed by atoms with E-state index in [2.05, 4.69) is 14.8 Å². The molecular formula is C18H24N2O7S. The van der Waals surface area contributed by atoms with Crippen LogP contribution in [0.15, 0.2) is 41.3 Å². The van der Waals surface area contributed by atoms with Crippen molar-refractivity contribution in [1.82, 2.24) is 4.72 Å². The third kappa shape index (κ3) is 7.89. The van der Waals surface area contributed by atoms with Gasteiger partial charge in [-0.3, -0.25) is 4.79 Å². The first-order valence-corrected chi connectivity index (χ1v) is 10.0. The van der Waals surface area contributed by atoms with Crippen molar-refractivity contribution in [3.05, 3.63) is 36.4 Å². The number of carbonyl (C=O) groups excluding carboxylic acids is 3. The number of rotatable bonds is 9. The molecule has 1 aromatic carbocycles. The van der Waals surface area contributed by atoms with Crippen LogP contribution in [-0.4, -0.2) is 45.0 Å². The van der Waals surface area contributed by atoms with E-state index in [0.29, 0.717) is 5.69 Å². The summed E-state index contributed by atoms with van der Waals surface area (Å²) in [6.07, 6.45) is 0.634. The van der Waals surface area contributed by atoms with Crippen LogP contribution in [0.2, 0.25) is 0 Å². The smallest absolute Gasteiger partial charge is 0.331 e. The van der Waals surface area contributed by atoms with Crippen molar-refractivity contribution >= 4 is 33.6 Å². The van der Waals surface area contributed by atoms with Gasteiger partial charge in [0.05, 0.1) is 11.5 Å². The van der Waals surface area contributed by atoms with Gasteiger partial charge in [0, 0.05) is 23.9 Å². The van der Waals surface area contributed by atoms with Gasteiger partial charge in [-0.05, 0) is 52.0 Å². The molecule has 0 aliphatic heterocycles. The fourth-order valence-electron chi connectivity index (χ4n) is 1.93. The van der Waals surface area contributed by atoms with Crippen LogP contribution in [-0.2, 0) is 33.9 Å². The highest BCUT2D eigenvalue weighted by Crippen LogP contribution is 2.15. The summed E-state index contributed by atoms with van der Waals surface area (Å²) in [6, 6.07) is 5.28. The molecule has 1 unspecified atom stereocenters. The van der Waals surface area contributed by atoms with Gasteiger partial charge in [0.1, 0.15) is 0 Å². The predicted molar refractivity (Wildman–Crippen MR) is 102 cm³/mol. The van der Waals surface area contributed by atoms with Crippen molar-refractivity contribution < 1.29 is 32.3 Å². The Labute approximate surface area is 164 Å². The minimum atomic E-state index is -3.63. The van der Waals surface area contributed by atoms with Crippen LogP contribution in [0.4, 0.5) is 5.69 Å². The molecule has 0 radical (unpaired) electrons. The standard InChI is InChI=1S/C18H24N2O7S/c1-5-26-16(21)10-11-17(22)27-13(4)18(23)19-14-6-8-15(9-7-14)28(24,25)20-12(2)3/h6-13,20H,5H2,1-4H3,(H,19,23). The maximum atomic E-state index is 12.1. The molecule has 2 N–H and O–H groups in total. The van der Waals surface area contributed by atoms with E-state index in [0.717, 1.165) is 12.2 Å². The van der Waals surface area contributed by atoms with Crippen LogP contribution in [0, 0.1) is 0 Å². The van der Waals surface area contributed by atoms with E-state index in [1.54, 1.807) is 20.8 Å². The van der Waals surface area contributed by atoms with E-state index in [4.69, 9.17) is 4.74 Å². The summed E-state index contributed by atoms with van der Waals surface area (Å²) >= 11 is 0. The van der Waals surface area contributed by atoms with Crippen molar-refractivity contribution in [3.63, 3.8) is 0 Å². The van der Waals surface area contributed by atoms with E-state index in [1.165, 1.54) is 31.2 Å². The highest BCUT2D eigenvalue weighted by atomic mass is 32.2. The Kier molecular flexibility index (Phi) is 8.80. The molecule has 0 spiro atoms. The second-order valence-corrected chi connectivity index (χ2v) is 7.67. The summed E-state index contributed by atoms with van der Waals surface area (Å²) in [4.78, 5) is 34.9. The van der Waals surface area contributed by atoms with E-state index in [9.17, 15) is 22.8 Å². The molecule has 0 aromatic heterocycles. The van der Waals surface area contributed by atoms with E-state index in [1.807, 2.05) is 0 Å². The molecule has 9 nitrogen and oxygen atoms in total. The Bertz CT molecular complexity index is 830. The number of sulfonamides is 1. The molecule has 1 atom stereocenters. The lowest BCUT2D eigenvalue weighted by atomic mass is 10.3. The van der Waals surface area contributed by atoms with Gasteiger partial charge in [-0.2, -0.15) is 0 Å². The second-order valence-electron chi connectivity index (χ2n) is 5.95. The average Bonchev–Trinajstić information content (AvgIpc) is 2.59. The lowest BCUT2D eigenvalue weighted by Gasteiger charge is -2.13. The molecule has 0 aliphatic carbocycles. The molecule has 0 bridgehead atoms. The molecule has 0 aliphatic rings. The number of amides is 1. The zero-order chi connectivity index (χ0) is 21.3. The van der Waals surface area contributed by atoms with Crippen LogP contribution >= 0.6 is 0 Å². The Morgan fingerprint density at radius 1 is 1.04 bits per heavy atom. The van der Waals surface area contributed by atoms with Gasteiger partial charge in [-0.1, -0.05) is 0 Å². The molecule has 0 heterocycles. The number of benzene rings is 1. The van der Waals surface area contributed by atoms with Crippen molar-refractivity contribution in [2.75, 3.05) is 11.9 Å². The first-order valence-electron chi connectivity index (χ1n) is 8.54. The number of anilines is 1. The SMILES string of the molecule is CCOC(=O)C=CC(=O)OC(C)C(=O)Nc1ccc(S(=O)(=O)NC(C)C)cc1. The normalized spacial score (nSPS) is 12.6. The van der Waals surface area contributed by atoms with Gasteiger partial charge in [0.25, 0.3) is 5.91 Å². The Morgan fingerprint density at radius 3 is 2.14 bits per heavy atom. The predicted octanol–water partition coefficient (Wildman–Crippen LogP) is 1.36. The maximum Gasteiger partial charge on any atom is 0.331 e. The average molecular weight is 412 g/mol. The third-order valence-electron chi connectivity index (χ3n) is 3.13. The largest absolute Gasteiger partial charge is 0.463 e. The fraction of sp³-hybridized carbons (Fsp3) is 0.389. The lowest BCUT2D eigenvalue weighted by molar-refractivity contribution is -0.148. The second kappa shape index (κ2) is 10.6. The third-order valence-corrected chi connectivity index (χ3v) is 4.80. The van der Waals surface area contributed by atoms with Crippen molar-refractivity contribution in [1.29, 1.82) is 0 Å². The highest BCUT2D eigenvalue weighted by molar-refractivity contribution is 7.89. The minimum absolute atomic E-state index is 0.0581. The lowest BCUT2D eigenvalue weighted by Crippen LogP contribution is -2.30. The van der Waals surface area contributed by atoms with Crippen LogP contribution < -0.4 is 10.0 Å². The number of nitrogens with one attached hydrogen (secondary N) is 2. The Morgan fingerprint density at radius 2 is 1.61 bits per heavy atom. The topological polar surface area (TPSA) is 128 Å². The van der Waals surface area contributed by atoms with Crippen LogP contribution in [0.25, 0.3) is 0 Å². The summed E-state index contributed by atoms with van der Waals surface area (Å²) in [5.74, 6) is -2.19. The first-order chi connectivity index (χ1) is 13.0. The highest BCUT2D eigenvalue weighted by Gasteiger charge is 2.18. The van der Waals surface area contributed by atoms with Crippen molar-refractivity contribution in [3.8, 4) is 0 Å². The number of ether oxygens (including phenoxy) is 2. The quantitative estimate of drug-likeness (QED) is 0.463. The zero-order valence-corrected chi connectivity index (χ0v) is 16.9. The minimum Gasteiger partial charge on any atom is -0.463 e. The molecular weight excluding hydrogens is 388 g/mol. The number of carbonyl (C=O) groups is 3. The zero-order valence-electron chi connectivity index (χ0n) is 16.1. The van der Waals surface area contributed by atoms with E-state index < -0.39 is 34.0 Å². The number of esters is 2. The van der Waals surface area contributed by atoms with Crippen LogP contribution in [0.3, 0.4) is 0 Å². The van der Waals surface area contributed by atoms with Crippen LogP contribution in [0.5, 0.6) is 0 Å². The fourth-order valence-corrected chi connectivity index (χ4v) is 3.18.